The highest BCUT2D eigenvalue weighted by atomic mass is 32.1. The summed E-state index contributed by atoms with van der Waals surface area (Å²) < 4.78 is 12.0. The maximum absolute atomic E-state index is 7.01. The zero-order valence-corrected chi connectivity index (χ0v) is 31.2. The molecule has 0 N–H and O–H groups in total. The van der Waals surface area contributed by atoms with Crippen LogP contribution < -0.4 is 0 Å². The van der Waals surface area contributed by atoms with Gasteiger partial charge in [0.2, 0.25) is 0 Å². The summed E-state index contributed by atoms with van der Waals surface area (Å²) in [7, 11) is 0. The normalized spacial score (nSPS) is 11.9. The SMILES string of the molecule is c1ccc(-c2nc(-c3ccccc3)nc(-c3ccc4c(c3)oc3c(-n5c6ccccc6c6ccccc65)cc(-c5ccc6sc7ccccc7c6c5)cc34)n2)cc1. The van der Waals surface area contributed by atoms with Crippen LogP contribution >= 0.6 is 11.3 Å². The molecule has 12 rings (SSSR count). The number of fused-ring (bicyclic) bond motifs is 9. The van der Waals surface area contributed by atoms with Crippen LogP contribution in [-0.2, 0) is 0 Å². The number of furan rings is 1. The molecule has 0 radical (unpaired) electrons. The first-order valence-electron chi connectivity index (χ1n) is 19.0. The molecule has 0 bridgehead atoms. The first-order valence-corrected chi connectivity index (χ1v) is 19.8. The number of nitrogens with zero attached hydrogens (tertiary/aromatic N) is 4. The summed E-state index contributed by atoms with van der Waals surface area (Å²) in [4.78, 5) is 14.9. The monoisotopic (exact) mass is 746 g/mol. The number of benzene rings is 8. The van der Waals surface area contributed by atoms with E-state index in [1.807, 2.05) is 72.0 Å². The van der Waals surface area contributed by atoms with E-state index in [1.165, 1.54) is 30.9 Å². The van der Waals surface area contributed by atoms with Crippen molar-refractivity contribution < 1.29 is 4.42 Å². The number of aromatic nitrogens is 4. The van der Waals surface area contributed by atoms with Gasteiger partial charge in [-0.3, -0.25) is 0 Å². The smallest absolute Gasteiger partial charge is 0.164 e. The Morgan fingerprint density at radius 3 is 1.60 bits per heavy atom. The Balaban J connectivity index is 1.11. The molecule has 5 nitrogen and oxygen atoms in total. The van der Waals surface area contributed by atoms with Crippen molar-refractivity contribution in [3.63, 3.8) is 0 Å². The zero-order valence-electron chi connectivity index (χ0n) is 30.4. The highest BCUT2D eigenvalue weighted by molar-refractivity contribution is 7.25. The third-order valence-corrected chi connectivity index (χ3v) is 12.2. The fraction of sp³-hybridized carbons (Fsp3) is 0. The van der Waals surface area contributed by atoms with E-state index < -0.39 is 0 Å². The van der Waals surface area contributed by atoms with E-state index in [1.54, 1.807) is 0 Å². The van der Waals surface area contributed by atoms with E-state index in [9.17, 15) is 0 Å². The first-order chi connectivity index (χ1) is 28.2. The molecule has 8 aromatic carbocycles. The van der Waals surface area contributed by atoms with Gasteiger partial charge in [0.25, 0.3) is 0 Å². The van der Waals surface area contributed by atoms with Crippen molar-refractivity contribution in [1.82, 2.24) is 19.5 Å². The van der Waals surface area contributed by atoms with Gasteiger partial charge in [-0.15, -0.1) is 11.3 Å². The van der Waals surface area contributed by atoms with Gasteiger partial charge in [-0.25, -0.2) is 15.0 Å². The zero-order chi connectivity index (χ0) is 37.5. The van der Waals surface area contributed by atoms with E-state index >= 15 is 0 Å². The Kier molecular flexibility index (Phi) is 7.03. The second-order valence-corrected chi connectivity index (χ2v) is 15.5. The standard InChI is InChI=1S/C51H30N4OS/c1-3-13-31(14-4-1)49-52-50(32-15-5-2-6-16-32)54-51(53-49)34-23-25-38-41-28-35(33-24-26-47-40(27-33)39-19-9-12-22-46(39)57-47)29-44(48(41)56-45(38)30-34)55-42-20-10-7-17-36(42)37-18-8-11-21-43(37)55/h1-30H. The van der Waals surface area contributed by atoms with E-state index in [-0.39, 0.29) is 0 Å². The van der Waals surface area contributed by atoms with Crippen LogP contribution in [0.5, 0.6) is 0 Å². The molecular formula is C51H30N4OS. The molecule has 266 valence electrons. The fourth-order valence-corrected chi connectivity index (χ4v) is 9.44. The Morgan fingerprint density at radius 2 is 0.912 bits per heavy atom. The highest BCUT2D eigenvalue weighted by Gasteiger charge is 2.21. The van der Waals surface area contributed by atoms with Crippen molar-refractivity contribution in [2.24, 2.45) is 0 Å². The summed E-state index contributed by atoms with van der Waals surface area (Å²) in [6, 6.07) is 63.9. The second kappa shape index (κ2) is 12.6. The lowest BCUT2D eigenvalue weighted by Crippen LogP contribution is -2.00. The van der Waals surface area contributed by atoms with Gasteiger partial charge in [-0.05, 0) is 65.7 Å². The fourth-order valence-electron chi connectivity index (χ4n) is 8.36. The molecule has 57 heavy (non-hydrogen) atoms. The lowest BCUT2D eigenvalue weighted by Gasteiger charge is -2.12. The minimum absolute atomic E-state index is 0.588. The number of rotatable bonds is 5. The van der Waals surface area contributed by atoms with Crippen LogP contribution in [-0.4, -0.2) is 19.5 Å². The Hall–Kier alpha value is -7.41. The van der Waals surface area contributed by atoms with Crippen LogP contribution in [0.15, 0.2) is 186 Å². The summed E-state index contributed by atoms with van der Waals surface area (Å²) >= 11 is 1.84. The van der Waals surface area contributed by atoms with Gasteiger partial charge in [-0.1, -0.05) is 127 Å². The minimum Gasteiger partial charge on any atom is -0.454 e. The molecule has 12 aromatic rings. The van der Waals surface area contributed by atoms with Crippen molar-refractivity contribution in [2.45, 2.75) is 0 Å². The van der Waals surface area contributed by atoms with Gasteiger partial charge in [0, 0.05) is 58.4 Å². The number of thiophene rings is 1. The number of hydrogen-bond donors (Lipinski definition) is 0. The van der Waals surface area contributed by atoms with Crippen molar-refractivity contribution >= 4 is 75.3 Å². The van der Waals surface area contributed by atoms with E-state index in [2.05, 4.69) is 126 Å². The Bertz CT molecular complexity index is 3420. The summed E-state index contributed by atoms with van der Waals surface area (Å²) in [5, 5.41) is 7.04. The van der Waals surface area contributed by atoms with Crippen molar-refractivity contribution in [3.8, 4) is 51.0 Å². The molecule has 0 amide bonds. The molecule has 0 spiro atoms. The molecule has 4 aromatic heterocycles. The predicted molar refractivity (Wildman–Crippen MR) is 236 cm³/mol. The minimum atomic E-state index is 0.588. The maximum Gasteiger partial charge on any atom is 0.164 e. The average molecular weight is 747 g/mol. The molecule has 4 heterocycles. The Labute approximate surface area is 330 Å². The second-order valence-electron chi connectivity index (χ2n) is 14.4. The van der Waals surface area contributed by atoms with Crippen LogP contribution in [0.25, 0.3) is 115 Å². The molecule has 0 aliphatic heterocycles. The summed E-state index contributed by atoms with van der Waals surface area (Å²) in [6.07, 6.45) is 0. The van der Waals surface area contributed by atoms with Gasteiger partial charge in [-0.2, -0.15) is 0 Å². The molecule has 0 unspecified atom stereocenters. The lowest BCUT2D eigenvalue weighted by atomic mass is 9.99. The molecule has 0 fully saturated rings. The molecule has 0 aliphatic rings. The van der Waals surface area contributed by atoms with Gasteiger partial charge in [0.05, 0.1) is 16.7 Å². The predicted octanol–water partition coefficient (Wildman–Crippen LogP) is 13.9. The van der Waals surface area contributed by atoms with E-state index in [0.717, 1.165) is 66.5 Å². The third kappa shape index (κ3) is 5.12. The van der Waals surface area contributed by atoms with Gasteiger partial charge in [0.15, 0.2) is 23.1 Å². The molecule has 0 saturated heterocycles. The average Bonchev–Trinajstić information content (AvgIpc) is 3.95. The summed E-state index contributed by atoms with van der Waals surface area (Å²) in [5.74, 6) is 1.83. The molecule has 0 atom stereocenters. The molecule has 6 heteroatoms. The van der Waals surface area contributed by atoms with Crippen LogP contribution in [0, 0.1) is 0 Å². The first kappa shape index (κ1) is 31.9. The maximum atomic E-state index is 7.01. The number of hydrogen-bond acceptors (Lipinski definition) is 5. The molecular weight excluding hydrogens is 717 g/mol. The topological polar surface area (TPSA) is 56.7 Å². The van der Waals surface area contributed by atoms with Gasteiger partial charge in [0.1, 0.15) is 5.58 Å². The van der Waals surface area contributed by atoms with E-state index in [0.29, 0.717) is 17.5 Å². The quantitative estimate of drug-likeness (QED) is 0.176. The van der Waals surface area contributed by atoms with Gasteiger partial charge < -0.3 is 8.98 Å². The van der Waals surface area contributed by atoms with E-state index in [4.69, 9.17) is 19.4 Å². The lowest BCUT2D eigenvalue weighted by molar-refractivity contribution is 0.666. The molecule has 0 aliphatic carbocycles. The van der Waals surface area contributed by atoms with Gasteiger partial charge >= 0.3 is 0 Å². The van der Waals surface area contributed by atoms with Crippen LogP contribution in [0.1, 0.15) is 0 Å². The van der Waals surface area contributed by atoms with Crippen LogP contribution in [0.3, 0.4) is 0 Å². The number of para-hydroxylation sites is 2. The summed E-state index contributed by atoms with van der Waals surface area (Å²) in [5.41, 5.74) is 9.84. The van der Waals surface area contributed by atoms with Crippen LogP contribution in [0.2, 0.25) is 0 Å². The van der Waals surface area contributed by atoms with Crippen molar-refractivity contribution in [2.75, 3.05) is 0 Å². The van der Waals surface area contributed by atoms with Crippen molar-refractivity contribution in [1.29, 1.82) is 0 Å². The van der Waals surface area contributed by atoms with Crippen LogP contribution in [0.4, 0.5) is 0 Å². The van der Waals surface area contributed by atoms with Crippen molar-refractivity contribution in [3.05, 3.63) is 182 Å². The third-order valence-electron chi connectivity index (χ3n) is 11.0. The molecule has 0 saturated carbocycles. The highest BCUT2D eigenvalue weighted by Crippen LogP contribution is 2.43. The summed E-state index contributed by atoms with van der Waals surface area (Å²) in [6.45, 7) is 0. The Morgan fingerprint density at radius 1 is 0.368 bits per heavy atom. The largest absolute Gasteiger partial charge is 0.454 e.